The molecule has 0 aromatic heterocycles. The summed E-state index contributed by atoms with van der Waals surface area (Å²) in [6.07, 6.45) is 0.486. The molecule has 2 N–H and O–H groups in total. The minimum atomic E-state index is -0.550. The fourth-order valence-electron chi connectivity index (χ4n) is 2.06. The van der Waals surface area contributed by atoms with E-state index in [0.717, 1.165) is 5.69 Å². The summed E-state index contributed by atoms with van der Waals surface area (Å²) in [6.45, 7) is 0.637. The average molecular weight is 306 g/mol. The molecule has 2 rings (SSSR count). The monoisotopic (exact) mass is 306 g/mol. The number of anilines is 1. The van der Waals surface area contributed by atoms with Crippen molar-refractivity contribution < 1.29 is 8.78 Å². The molecule has 0 aliphatic rings. The van der Waals surface area contributed by atoms with E-state index in [9.17, 15) is 8.78 Å². The van der Waals surface area contributed by atoms with Crippen LogP contribution in [-0.2, 0) is 6.54 Å². The van der Waals surface area contributed by atoms with Crippen molar-refractivity contribution in [2.75, 3.05) is 11.4 Å². The summed E-state index contributed by atoms with van der Waals surface area (Å²) in [5, 5.41) is 0. The first-order valence-electron chi connectivity index (χ1n) is 6.59. The maximum Gasteiger partial charge on any atom is 0.131 e. The van der Waals surface area contributed by atoms with Crippen LogP contribution in [0.25, 0.3) is 0 Å². The molecule has 0 spiro atoms. The number of para-hydroxylation sites is 1. The van der Waals surface area contributed by atoms with Crippen molar-refractivity contribution in [1.29, 1.82) is 0 Å². The standard InChI is InChI=1S/C16H16F2N2S/c17-14-7-4-8-15(18)13(14)11-20(10-9-16(19)21)12-5-2-1-3-6-12/h1-8H,9-11H2,(H2,19,21). The quantitative estimate of drug-likeness (QED) is 0.826. The Morgan fingerprint density at radius 1 is 1.00 bits per heavy atom. The second-order valence-electron chi connectivity index (χ2n) is 4.67. The second-order valence-corrected chi connectivity index (χ2v) is 5.20. The Labute approximate surface area is 128 Å². The number of hydrogen-bond acceptors (Lipinski definition) is 2. The minimum Gasteiger partial charge on any atom is -0.393 e. The van der Waals surface area contributed by atoms with Crippen LogP contribution in [0.5, 0.6) is 0 Å². The lowest BCUT2D eigenvalue weighted by Crippen LogP contribution is -2.28. The van der Waals surface area contributed by atoms with Gasteiger partial charge in [0.15, 0.2) is 0 Å². The molecule has 0 saturated heterocycles. The van der Waals surface area contributed by atoms with Crippen molar-refractivity contribution in [3.05, 3.63) is 65.7 Å². The Kier molecular flexibility index (Phi) is 5.22. The smallest absolute Gasteiger partial charge is 0.131 e. The maximum atomic E-state index is 13.8. The van der Waals surface area contributed by atoms with Gasteiger partial charge in [-0.15, -0.1) is 0 Å². The predicted molar refractivity (Wildman–Crippen MR) is 85.3 cm³/mol. The van der Waals surface area contributed by atoms with Crippen LogP contribution in [0, 0.1) is 11.6 Å². The number of nitrogens with two attached hydrogens (primary N) is 1. The van der Waals surface area contributed by atoms with E-state index in [1.54, 1.807) is 0 Å². The second kappa shape index (κ2) is 7.13. The van der Waals surface area contributed by atoms with Gasteiger partial charge < -0.3 is 10.6 Å². The fourth-order valence-corrected chi connectivity index (χ4v) is 2.15. The molecule has 0 aliphatic heterocycles. The summed E-state index contributed by atoms with van der Waals surface area (Å²) in [5.74, 6) is -1.10. The van der Waals surface area contributed by atoms with Crippen LogP contribution in [0.1, 0.15) is 12.0 Å². The molecular weight excluding hydrogens is 290 g/mol. The molecule has 0 saturated carbocycles. The van der Waals surface area contributed by atoms with Gasteiger partial charge in [0.05, 0.1) is 4.99 Å². The molecule has 2 aromatic carbocycles. The normalized spacial score (nSPS) is 10.4. The lowest BCUT2D eigenvalue weighted by molar-refractivity contribution is 0.550. The van der Waals surface area contributed by atoms with E-state index >= 15 is 0 Å². The van der Waals surface area contributed by atoms with Crippen molar-refractivity contribution >= 4 is 22.9 Å². The Balaban J connectivity index is 2.25. The zero-order valence-electron chi connectivity index (χ0n) is 11.4. The Bertz CT molecular complexity index is 597. The van der Waals surface area contributed by atoms with E-state index in [-0.39, 0.29) is 12.1 Å². The number of nitrogens with zero attached hydrogens (tertiary/aromatic N) is 1. The molecule has 110 valence electrons. The van der Waals surface area contributed by atoms with Crippen LogP contribution >= 0.6 is 12.2 Å². The third-order valence-corrected chi connectivity index (χ3v) is 3.36. The molecule has 5 heteroatoms. The van der Waals surface area contributed by atoms with Crippen molar-refractivity contribution in [1.82, 2.24) is 0 Å². The summed E-state index contributed by atoms with van der Waals surface area (Å²) in [4.78, 5) is 2.24. The molecule has 0 unspecified atom stereocenters. The van der Waals surface area contributed by atoms with Gasteiger partial charge >= 0.3 is 0 Å². The first kappa shape index (κ1) is 15.4. The van der Waals surface area contributed by atoms with Crippen molar-refractivity contribution in [3.8, 4) is 0 Å². The third-order valence-electron chi connectivity index (χ3n) is 3.16. The maximum absolute atomic E-state index is 13.8. The van der Waals surface area contributed by atoms with Gasteiger partial charge in [-0.1, -0.05) is 36.5 Å². The van der Waals surface area contributed by atoms with Crippen LogP contribution in [0.3, 0.4) is 0 Å². The van der Waals surface area contributed by atoms with Gasteiger partial charge in [-0.25, -0.2) is 8.78 Å². The molecule has 0 fully saturated rings. The summed E-state index contributed by atoms with van der Waals surface area (Å²) in [6, 6.07) is 13.3. The van der Waals surface area contributed by atoms with Crippen LogP contribution < -0.4 is 10.6 Å². The molecule has 0 heterocycles. The summed E-state index contributed by atoms with van der Waals surface area (Å²) < 4.78 is 27.6. The molecule has 0 atom stereocenters. The highest BCUT2D eigenvalue weighted by molar-refractivity contribution is 7.80. The molecule has 2 nitrogen and oxygen atoms in total. The largest absolute Gasteiger partial charge is 0.393 e. The van der Waals surface area contributed by atoms with E-state index in [0.29, 0.717) is 18.0 Å². The molecule has 0 aliphatic carbocycles. The number of halogens is 2. The average Bonchev–Trinajstić information content (AvgIpc) is 2.47. The van der Waals surface area contributed by atoms with E-state index in [2.05, 4.69) is 0 Å². The lowest BCUT2D eigenvalue weighted by atomic mass is 10.1. The van der Waals surface area contributed by atoms with Crippen LogP contribution in [0.15, 0.2) is 48.5 Å². The number of thiocarbonyl (C=S) groups is 1. The summed E-state index contributed by atoms with van der Waals surface area (Å²) in [5.41, 5.74) is 6.45. The van der Waals surface area contributed by atoms with Gasteiger partial charge in [-0.3, -0.25) is 0 Å². The van der Waals surface area contributed by atoms with Gasteiger partial charge in [0.1, 0.15) is 11.6 Å². The summed E-state index contributed by atoms with van der Waals surface area (Å²) in [7, 11) is 0. The zero-order valence-corrected chi connectivity index (χ0v) is 12.2. The van der Waals surface area contributed by atoms with Gasteiger partial charge in [-0.05, 0) is 24.3 Å². The number of hydrogen-bond donors (Lipinski definition) is 1. The number of rotatable bonds is 6. The van der Waals surface area contributed by atoms with Crippen LogP contribution in [0.2, 0.25) is 0 Å². The van der Waals surface area contributed by atoms with E-state index in [1.807, 2.05) is 35.2 Å². The topological polar surface area (TPSA) is 29.3 Å². The van der Waals surface area contributed by atoms with E-state index < -0.39 is 11.6 Å². The molecule has 0 amide bonds. The van der Waals surface area contributed by atoms with Gasteiger partial charge in [0.2, 0.25) is 0 Å². The Morgan fingerprint density at radius 2 is 1.62 bits per heavy atom. The third kappa shape index (κ3) is 4.23. The van der Waals surface area contributed by atoms with Crippen molar-refractivity contribution in [2.24, 2.45) is 5.73 Å². The lowest BCUT2D eigenvalue weighted by Gasteiger charge is -2.25. The molecule has 0 bridgehead atoms. The zero-order chi connectivity index (χ0) is 15.2. The summed E-state index contributed by atoms with van der Waals surface area (Å²) >= 11 is 4.88. The van der Waals surface area contributed by atoms with Gasteiger partial charge in [-0.2, -0.15) is 0 Å². The molecular formula is C16H16F2N2S. The highest BCUT2D eigenvalue weighted by Gasteiger charge is 2.14. The Morgan fingerprint density at radius 3 is 2.19 bits per heavy atom. The molecule has 21 heavy (non-hydrogen) atoms. The highest BCUT2D eigenvalue weighted by atomic mass is 32.1. The van der Waals surface area contributed by atoms with Gasteiger partial charge in [0.25, 0.3) is 0 Å². The molecule has 0 radical (unpaired) electrons. The number of benzene rings is 2. The van der Waals surface area contributed by atoms with Crippen LogP contribution in [0.4, 0.5) is 14.5 Å². The first-order valence-corrected chi connectivity index (χ1v) is 7.00. The van der Waals surface area contributed by atoms with Crippen molar-refractivity contribution in [2.45, 2.75) is 13.0 Å². The fraction of sp³-hybridized carbons (Fsp3) is 0.188. The SMILES string of the molecule is NC(=S)CCN(Cc1c(F)cccc1F)c1ccccc1. The minimum absolute atomic E-state index is 0.0456. The van der Waals surface area contributed by atoms with Crippen molar-refractivity contribution in [3.63, 3.8) is 0 Å². The van der Waals surface area contributed by atoms with Gasteiger partial charge in [0, 0.05) is 30.8 Å². The Hall–Kier alpha value is -2.01. The highest BCUT2D eigenvalue weighted by Crippen LogP contribution is 2.20. The van der Waals surface area contributed by atoms with E-state index in [4.69, 9.17) is 18.0 Å². The first-order chi connectivity index (χ1) is 10.1. The van der Waals surface area contributed by atoms with Crippen LogP contribution in [-0.4, -0.2) is 11.5 Å². The molecule has 2 aromatic rings. The van der Waals surface area contributed by atoms with E-state index in [1.165, 1.54) is 18.2 Å². The predicted octanol–water partition coefficient (Wildman–Crippen LogP) is 3.65.